The molecule has 0 unspecified atom stereocenters. The molecule has 7 nitrogen and oxygen atoms in total. The molecule has 2 heterocycles. The van der Waals surface area contributed by atoms with E-state index in [9.17, 15) is 35.9 Å². The van der Waals surface area contributed by atoms with Gasteiger partial charge in [-0.15, -0.1) is 0 Å². The van der Waals surface area contributed by atoms with Gasteiger partial charge in [-0.05, 0) is 47.4 Å². The zero-order chi connectivity index (χ0) is 28.8. The number of hydrogen-bond acceptors (Lipinski definition) is 5. The fourth-order valence-corrected chi connectivity index (χ4v) is 3.55. The number of esters is 1. The summed E-state index contributed by atoms with van der Waals surface area (Å²) in [6.45, 7) is 5.36. The van der Waals surface area contributed by atoms with E-state index in [4.69, 9.17) is 0 Å². The highest BCUT2D eigenvalue weighted by atomic mass is 19.4. The Bertz CT molecular complexity index is 1570. The molecule has 2 aromatic carbocycles. The second-order valence-corrected chi connectivity index (χ2v) is 9.53. The van der Waals surface area contributed by atoms with Crippen molar-refractivity contribution < 1.29 is 40.7 Å². The lowest BCUT2D eigenvalue weighted by Crippen LogP contribution is -2.29. The third-order valence-electron chi connectivity index (χ3n) is 5.57. The van der Waals surface area contributed by atoms with Gasteiger partial charge in [0.05, 0.1) is 23.0 Å². The van der Waals surface area contributed by atoms with Crippen LogP contribution in [-0.2, 0) is 16.4 Å². The summed E-state index contributed by atoms with van der Waals surface area (Å²) in [5.41, 5.74) is -0.589. The molecule has 0 aliphatic carbocycles. The van der Waals surface area contributed by atoms with Crippen LogP contribution in [0.2, 0.25) is 0 Å². The Hall–Kier alpha value is -4.42. The Morgan fingerprint density at radius 1 is 0.897 bits per heavy atom. The SMILES string of the molecule is CC(C)(C)c1ccc(C(=O)Nc2cn3nc(-c4cccc(C(F)(F)F)c4)ccc3n2)c(OC(=O)C(F)(F)F)c1. The number of alkyl halides is 6. The van der Waals surface area contributed by atoms with Gasteiger partial charge in [0, 0.05) is 5.56 Å². The van der Waals surface area contributed by atoms with Gasteiger partial charge in [0.1, 0.15) is 5.75 Å². The average Bonchev–Trinajstić information content (AvgIpc) is 3.23. The van der Waals surface area contributed by atoms with E-state index < -0.39 is 41.0 Å². The highest BCUT2D eigenvalue weighted by molar-refractivity contribution is 6.06. The third kappa shape index (κ3) is 6.19. The number of halogens is 6. The molecule has 0 bridgehead atoms. The first-order valence-corrected chi connectivity index (χ1v) is 11.3. The maximum atomic E-state index is 13.1. The number of amides is 1. The zero-order valence-corrected chi connectivity index (χ0v) is 20.6. The molecule has 39 heavy (non-hydrogen) atoms. The van der Waals surface area contributed by atoms with Gasteiger partial charge in [-0.25, -0.2) is 14.3 Å². The molecular weight excluding hydrogens is 530 g/mol. The molecule has 0 saturated heterocycles. The Morgan fingerprint density at radius 2 is 1.62 bits per heavy atom. The molecular formula is C26H20F6N4O3. The summed E-state index contributed by atoms with van der Waals surface area (Å²) < 4.78 is 83.5. The van der Waals surface area contributed by atoms with Crippen molar-refractivity contribution in [3.63, 3.8) is 0 Å². The van der Waals surface area contributed by atoms with Crippen LogP contribution in [0.3, 0.4) is 0 Å². The van der Waals surface area contributed by atoms with Crippen LogP contribution in [0, 0.1) is 0 Å². The standard InChI is InChI=1S/C26H20F6N4O3/c1-24(2,3)15-7-8-17(19(12-15)39-23(38)26(30,31)32)22(37)34-20-13-36-21(33-20)10-9-18(35-36)14-5-4-6-16(11-14)25(27,28)29/h4-13H,1-3H3,(H,34,37). The summed E-state index contributed by atoms with van der Waals surface area (Å²) in [4.78, 5) is 28.6. The number of carbonyl (C=O) groups excluding carboxylic acids is 2. The van der Waals surface area contributed by atoms with Crippen molar-refractivity contribution >= 4 is 23.3 Å². The van der Waals surface area contributed by atoms with Gasteiger partial charge in [0.2, 0.25) is 0 Å². The molecule has 0 radical (unpaired) electrons. The maximum absolute atomic E-state index is 13.1. The van der Waals surface area contributed by atoms with Crippen molar-refractivity contribution in [2.75, 3.05) is 5.32 Å². The predicted molar refractivity (Wildman–Crippen MR) is 128 cm³/mol. The first-order chi connectivity index (χ1) is 18.0. The molecule has 0 atom stereocenters. The summed E-state index contributed by atoms with van der Waals surface area (Å²) in [7, 11) is 0. The van der Waals surface area contributed by atoms with Crippen molar-refractivity contribution in [3.8, 4) is 17.0 Å². The normalized spacial score (nSPS) is 12.4. The number of anilines is 1. The molecule has 13 heteroatoms. The number of hydrogen-bond donors (Lipinski definition) is 1. The van der Waals surface area contributed by atoms with Gasteiger partial charge in [0.15, 0.2) is 11.5 Å². The second kappa shape index (κ2) is 9.71. The lowest BCUT2D eigenvalue weighted by Gasteiger charge is -2.21. The number of aromatic nitrogens is 3. The van der Waals surface area contributed by atoms with E-state index in [1.165, 1.54) is 53.2 Å². The molecule has 204 valence electrons. The van der Waals surface area contributed by atoms with Crippen LogP contribution in [-0.4, -0.2) is 32.7 Å². The summed E-state index contributed by atoms with van der Waals surface area (Å²) in [6, 6.07) is 11.4. The number of nitrogens with zero attached hydrogens (tertiary/aromatic N) is 3. The first kappa shape index (κ1) is 27.6. The first-order valence-electron chi connectivity index (χ1n) is 11.3. The van der Waals surface area contributed by atoms with Crippen molar-refractivity contribution in [2.24, 2.45) is 0 Å². The van der Waals surface area contributed by atoms with Crippen molar-refractivity contribution in [3.05, 3.63) is 77.5 Å². The molecule has 0 fully saturated rings. The number of benzene rings is 2. The van der Waals surface area contributed by atoms with Gasteiger partial charge in [-0.1, -0.05) is 39.0 Å². The van der Waals surface area contributed by atoms with Crippen LogP contribution in [0.15, 0.2) is 60.8 Å². The van der Waals surface area contributed by atoms with Gasteiger partial charge in [-0.3, -0.25) is 4.79 Å². The van der Waals surface area contributed by atoms with E-state index in [2.05, 4.69) is 20.1 Å². The minimum atomic E-state index is -5.28. The molecule has 0 spiro atoms. The number of ether oxygens (including phenoxy) is 1. The van der Waals surface area contributed by atoms with E-state index >= 15 is 0 Å². The quantitative estimate of drug-likeness (QED) is 0.180. The van der Waals surface area contributed by atoms with Crippen LogP contribution in [0.1, 0.15) is 42.3 Å². The van der Waals surface area contributed by atoms with E-state index in [-0.39, 0.29) is 28.3 Å². The fourth-order valence-electron chi connectivity index (χ4n) is 3.55. The van der Waals surface area contributed by atoms with Gasteiger partial charge in [0.25, 0.3) is 5.91 Å². The molecule has 2 aromatic heterocycles. The van der Waals surface area contributed by atoms with E-state index in [1.54, 1.807) is 20.8 Å². The van der Waals surface area contributed by atoms with Crippen molar-refractivity contribution in [2.45, 2.75) is 38.5 Å². The van der Waals surface area contributed by atoms with E-state index in [0.29, 0.717) is 5.56 Å². The lowest BCUT2D eigenvalue weighted by molar-refractivity contribution is -0.189. The summed E-state index contributed by atoms with van der Waals surface area (Å²) in [5, 5.41) is 6.65. The second-order valence-electron chi connectivity index (χ2n) is 9.53. The van der Waals surface area contributed by atoms with Gasteiger partial charge >= 0.3 is 18.3 Å². The van der Waals surface area contributed by atoms with Crippen LogP contribution in [0.4, 0.5) is 32.2 Å². The third-order valence-corrected chi connectivity index (χ3v) is 5.57. The Labute approximate surface area is 217 Å². The number of rotatable bonds is 4. The zero-order valence-electron chi connectivity index (χ0n) is 20.6. The molecule has 4 aromatic rings. The molecule has 4 rings (SSSR count). The lowest BCUT2D eigenvalue weighted by atomic mass is 9.86. The number of nitrogens with one attached hydrogen (secondary N) is 1. The summed E-state index contributed by atoms with van der Waals surface area (Å²) >= 11 is 0. The highest BCUT2D eigenvalue weighted by Gasteiger charge is 2.42. The molecule has 1 amide bonds. The minimum Gasteiger partial charge on any atom is -0.419 e. The highest BCUT2D eigenvalue weighted by Crippen LogP contribution is 2.33. The van der Waals surface area contributed by atoms with Crippen molar-refractivity contribution in [1.29, 1.82) is 0 Å². The van der Waals surface area contributed by atoms with Crippen LogP contribution < -0.4 is 10.1 Å². The molecule has 1 N–H and O–H groups in total. The van der Waals surface area contributed by atoms with Crippen LogP contribution in [0.25, 0.3) is 16.9 Å². The summed E-state index contributed by atoms with van der Waals surface area (Å²) in [6.07, 6.45) is -8.55. The average molecular weight is 550 g/mol. The number of fused-ring (bicyclic) bond motifs is 1. The maximum Gasteiger partial charge on any atom is 0.491 e. The van der Waals surface area contributed by atoms with Crippen LogP contribution >= 0.6 is 0 Å². The largest absolute Gasteiger partial charge is 0.491 e. The number of carbonyl (C=O) groups is 2. The Morgan fingerprint density at radius 3 is 2.26 bits per heavy atom. The van der Waals surface area contributed by atoms with Crippen LogP contribution in [0.5, 0.6) is 5.75 Å². The van der Waals surface area contributed by atoms with Crippen molar-refractivity contribution in [1.82, 2.24) is 14.6 Å². The summed E-state index contributed by atoms with van der Waals surface area (Å²) in [5.74, 6) is -4.04. The van der Waals surface area contributed by atoms with E-state index in [0.717, 1.165) is 12.1 Å². The smallest absolute Gasteiger partial charge is 0.419 e. The number of imidazole rings is 1. The molecule has 0 aliphatic heterocycles. The van der Waals surface area contributed by atoms with Gasteiger partial charge < -0.3 is 10.1 Å². The molecule has 0 saturated carbocycles. The fraction of sp³-hybridized carbons (Fsp3) is 0.231. The van der Waals surface area contributed by atoms with E-state index in [1.807, 2.05) is 0 Å². The van der Waals surface area contributed by atoms with Gasteiger partial charge in [-0.2, -0.15) is 31.4 Å². The Kier molecular flexibility index (Phi) is 6.88. The monoisotopic (exact) mass is 550 g/mol. The topological polar surface area (TPSA) is 85.6 Å². The molecule has 0 aliphatic rings. The minimum absolute atomic E-state index is 0.0540. The Balaban J connectivity index is 1.63. The predicted octanol–water partition coefficient (Wildman–Crippen LogP) is 6.43.